The van der Waals surface area contributed by atoms with Crippen LogP contribution in [0.1, 0.15) is 41.3 Å². The Hall–Kier alpha value is -3.07. The van der Waals surface area contributed by atoms with Gasteiger partial charge in [0.15, 0.2) is 5.78 Å². The lowest BCUT2D eigenvalue weighted by Gasteiger charge is -2.21. The molecule has 3 rings (SSSR count). The number of rotatable bonds is 6. The molecule has 1 aliphatic heterocycles. The minimum Gasteiger partial charge on any atom is -0.466 e. The summed E-state index contributed by atoms with van der Waals surface area (Å²) < 4.78 is 5.50. The lowest BCUT2D eigenvalue weighted by Crippen LogP contribution is -2.41. The molecule has 0 aliphatic carbocycles. The zero-order valence-corrected chi connectivity index (χ0v) is 18.2. The fourth-order valence-corrected chi connectivity index (χ4v) is 4.13. The number of nitrogens with one attached hydrogen (secondary N) is 2. The fraction of sp³-hybridized carbons (Fsp3) is 0.333. The molecule has 1 aromatic carbocycles. The third kappa shape index (κ3) is 3.85. The van der Waals surface area contributed by atoms with Crippen LogP contribution in [0.25, 0.3) is 0 Å². The summed E-state index contributed by atoms with van der Waals surface area (Å²) in [4.78, 5) is 51.4. The molecule has 1 saturated heterocycles. The van der Waals surface area contributed by atoms with Gasteiger partial charge in [0.2, 0.25) is 5.91 Å². The number of hydrogen-bond acceptors (Lipinski definition) is 6. The second-order valence-electron chi connectivity index (χ2n) is 7.29. The highest BCUT2D eigenvalue weighted by Crippen LogP contribution is 2.33. The van der Waals surface area contributed by atoms with E-state index in [9.17, 15) is 19.2 Å². The standard InChI is InChI=1S/C21H23N3O5S/c1-11-8-15(12(2)29-11)21(4)19(27)24(20(28)23-21)10-17(26)14-6-7-16(22-13(3)25)18(9-14)30-5/h6-9H,10H2,1-5H3,(H,22,25)(H,23,28). The number of thioether (sulfide) groups is 1. The number of furan rings is 1. The molecule has 30 heavy (non-hydrogen) atoms. The van der Waals surface area contributed by atoms with E-state index in [4.69, 9.17) is 4.42 Å². The van der Waals surface area contributed by atoms with E-state index in [0.717, 1.165) is 4.90 Å². The van der Waals surface area contributed by atoms with Crippen LogP contribution in [-0.4, -0.2) is 41.3 Å². The minimum absolute atomic E-state index is 0.215. The van der Waals surface area contributed by atoms with E-state index in [1.807, 2.05) is 6.26 Å². The van der Waals surface area contributed by atoms with Crippen molar-refractivity contribution in [3.8, 4) is 0 Å². The molecule has 0 bridgehead atoms. The number of urea groups is 1. The fourth-order valence-electron chi connectivity index (χ4n) is 3.54. The Balaban J connectivity index is 1.83. The summed E-state index contributed by atoms with van der Waals surface area (Å²) in [5, 5.41) is 5.39. The molecule has 2 aromatic rings. The first-order chi connectivity index (χ1) is 14.1. The summed E-state index contributed by atoms with van der Waals surface area (Å²) in [5.41, 5.74) is 0.217. The zero-order chi connectivity index (χ0) is 22.2. The third-order valence-electron chi connectivity index (χ3n) is 4.99. The topological polar surface area (TPSA) is 109 Å². The Labute approximate surface area is 178 Å². The van der Waals surface area contributed by atoms with Crippen LogP contribution in [0, 0.1) is 13.8 Å². The molecule has 1 aliphatic rings. The van der Waals surface area contributed by atoms with Crippen molar-refractivity contribution in [2.24, 2.45) is 0 Å². The molecule has 1 unspecified atom stereocenters. The van der Waals surface area contributed by atoms with Crippen molar-refractivity contribution in [3.63, 3.8) is 0 Å². The first-order valence-electron chi connectivity index (χ1n) is 9.27. The highest BCUT2D eigenvalue weighted by Gasteiger charge is 2.51. The summed E-state index contributed by atoms with van der Waals surface area (Å²) in [7, 11) is 0. The van der Waals surface area contributed by atoms with Crippen molar-refractivity contribution in [1.82, 2.24) is 10.2 Å². The van der Waals surface area contributed by atoms with Gasteiger partial charge in [0, 0.05) is 22.9 Å². The van der Waals surface area contributed by atoms with Crippen LogP contribution >= 0.6 is 11.8 Å². The number of imide groups is 1. The van der Waals surface area contributed by atoms with Gasteiger partial charge in [-0.15, -0.1) is 11.8 Å². The number of ketones is 1. The molecule has 1 fully saturated rings. The minimum atomic E-state index is -1.29. The van der Waals surface area contributed by atoms with Crippen molar-refractivity contribution in [3.05, 3.63) is 46.9 Å². The molecule has 1 atom stereocenters. The summed E-state index contributed by atoms with van der Waals surface area (Å²) in [6, 6.07) is 5.92. The van der Waals surface area contributed by atoms with Gasteiger partial charge in [-0.3, -0.25) is 19.3 Å². The Morgan fingerprint density at radius 3 is 2.50 bits per heavy atom. The van der Waals surface area contributed by atoms with E-state index in [0.29, 0.717) is 33.2 Å². The second-order valence-corrected chi connectivity index (χ2v) is 8.14. The Bertz CT molecular complexity index is 1060. The average Bonchev–Trinajstić information content (AvgIpc) is 3.13. The third-order valence-corrected chi connectivity index (χ3v) is 5.77. The molecule has 8 nitrogen and oxygen atoms in total. The van der Waals surface area contributed by atoms with Crippen LogP contribution in [-0.2, 0) is 15.1 Å². The SMILES string of the molecule is CSc1cc(C(=O)CN2C(=O)NC(C)(c3cc(C)oc3C)C2=O)ccc1NC(C)=O. The Morgan fingerprint density at radius 1 is 1.23 bits per heavy atom. The van der Waals surface area contributed by atoms with E-state index >= 15 is 0 Å². The maximum atomic E-state index is 13.1. The molecule has 0 saturated carbocycles. The summed E-state index contributed by atoms with van der Waals surface area (Å²) in [5.74, 6) is 0.0594. The molecule has 0 radical (unpaired) electrons. The van der Waals surface area contributed by atoms with Crippen molar-refractivity contribution in [1.29, 1.82) is 0 Å². The smallest absolute Gasteiger partial charge is 0.325 e. The van der Waals surface area contributed by atoms with Gasteiger partial charge in [-0.2, -0.15) is 0 Å². The van der Waals surface area contributed by atoms with Gasteiger partial charge in [0.05, 0.1) is 12.2 Å². The predicted octanol–water partition coefficient (Wildman–Crippen LogP) is 3.23. The number of amides is 4. The number of benzene rings is 1. The zero-order valence-electron chi connectivity index (χ0n) is 17.4. The second kappa shape index (κ2) is 7.98. The van der Waals surface area contributed by atoms with Gasteiger partial charge in [0.25, 0.3) is 5.91 Å². The van der Waals surface area contributed by atoms with E-state index in [1.54, 1.807) is 45.0 Å². The first kappa shape index (κ1) is 21.6. The van der Waals surface area contributed by atoms with Gasteiger partial charge >= 0.3 is 6.03 Å². The maximum Gasteiger partial charge on any atom is 0.325 e. The Kier molecular flexibility index (Phi) is 5.76. The number of nitrogens with zero attached hydrogens (tertiary/aromatic N) is 1. The molecule has 4 amide bonds. The van der Waals surface area contributed by atoms with Crippen molar-refractivity contribution >= 4 is 41.1 Å². The van der Waals surface area contributed by atoms with Crippen molar-refractivity contribution < 1.29 is 23.6 Å². The monoisotopic (exact) mass is 429 g/mol. The molecule has 2 heterocycles. The highest BCUT2D eigenvalue weighted by atomic mass is 32.2. The highest BCUT2D eigenvalue weighted by molar-refractivity contribution is 7.98. The van der Waals surface area contributed by atoms with Crippen LogP contribution in [0.2, 0.25) is 0 Å². The van der Waals surface area contributed by atoms with Crippen molar-refractivity contribution in [2.75, 3.05) is 18.1 Å². The van der Waals surface area contributed by atoms with Crippen molar-refractivity contribution in [2.45, 2.75) is 38.1 Å². The van der Waals surface area contributed by atoms with Crippen LogP contribution in [0.15, 0.2) is 33.6 Å². The van der Waals surface area contributed by atoms with Crippen LogP contribution < -0.4 is 10.6 Å². The molecule has 2 N–H and O–H groups in total. The molecule has 9 heteroatoms. The van der Waals surface area contributed by atoms with Crippen LogP contribution in [0.5, 0.6) is 0 Å². The number of anilines is 1. The number of Topliss-reactive ketones (excluding diaryl/α,β-unsaturated/α-hetero) is 1. The van der Waals surface area contributed by atoms with E-state index < -0.39 is 17.5 Å². The number of carbonyl (C=O) groups excluding carboxylic acids is 4. The van der Waals surface area contributed by atoms with Crippen LogP contribution in [0.3, 0.4) is 0 Å². The normalized spacial score (nSPS) is 18.5. The van der Waals surface area contributed by atoms with Gasteiger partial charge < -0.3 is 15.1 Å². The first-order valence-corrected chi connectivity index (χ1v) is 10.5. The van der Waals surface area contributed by atoms with E-state index in [-0.39, 0.29) is 18.2 Å². The molecule has 0 spiro atoms. The molecular weight excluding hydrogens is 406 g/mol. The van der Waals surface area contributed by atoms with E-state index in [2.05, 4.69) is 10.6 Å². The Morgan fingerprint density at radius 2 is 1.93 bits per heavy atom. The molecule has 1 aromatic heterocycles. The van der Waals surface area contributed by atoms with E-state index in [1.165, 1.54) is 18.7 Å². The van der Waals surface area contributed by atoms with Gasteiger partial charge in [-0.1, -0.05) is 0 Å². The average molecular weight is 429 g/mol. The largest absolute Gasteiger partial charge is 0.466 e. The summed E-state index contributed by atoms with van der Waals surface area (Å²) in [6.07, 6.45) is 1.83. The predicted molar refractivity (Wildman–Crippen MR) is 113 cm³/mol. The van der Waals surface area contributed by atoms with Crippen LogP contribution in [0.4, 0.5) is 10.5 Å². The molecular formula is C21H23N3O5S. The maximum absolute atomic E-state index is 13.1. The number of aryl methyl sites for hydroxylation is 2. The summed E-state index contributed by atoms with van der Waals surface area (Å²) in [6.45, 7) is 6.10. The quantitative estimate of drug-likeness (QED) is 0.415. The van der Waals surface area contributed by atoms with Gasteiger partial charge in [-0.25, -0.2) is 4.79 Å². The van der Waals surface area contributed by atoms with Gasteiger partial charge in [0.1, 0.15) is 17.1 Å². The summed E-state index contributed by atoms with van der Waals surface area (Å²) >= 11 is 1.38. The number of hydrogen-bond donors (Lipinski definition) is 2. The lowest BCUT2D eigenvalue weighted by molar-refractivity contribution is -0.130. The van der Waals surface area contributed by atoms with Gasteiger partial charge in [-0.05, 0) is 51.3 Å². The number of carbonyl (C=O) groups is 4. The lowest BCUT2D eigenvalue weighted by atomic mass is 9.92. The molecule has 158 valence electrons.